The molecule has 0 heterocycles. The van der Waals surface area contributed by atoms with Crippen molar-refractivity contribution in [3.63, 3.8) is 0 Å². The largest absolute Gasteiger partial charge is 0.525 e. The van der Waals surface area contributed by atoms with Crippen LogP contribution in [-0.2, 0) is 60.2 Å². The van der Waals surface area contributed by atoms with Crippen LogP contribution in [0.5, 0.6) is 5.75 Å². The van der Waals surface area contributed by atoms with Gasteiger partial charge in [0, 0.05) is 58.8 Å². The van der Waals surface area contributed by atoms with Gasteiger partial charge >= 0.3 is 0 Å². The summed E-state index contributed by atoms with van der Waals surface area (Å²) in [6, 6.07) is 5.61. The summed E-state index contributed by atoms with van der Waals surface area (Å²) in [5.74, 6) is 0.864. The van der Waals surface area contributed by atoms with Gasteiger partial charge in [-0.2, -0.15) is 6.42 Å². The van der Waals surface area contributed by atoms with Gasteiger partial charge in [-0.25, -0.2) is 0 Å². The zero-order valence-corrected chi connectivity index (χ0v) is 15.1. The Kier molecular flexibility index (Phi) is 12.6. The average Bonchev–Trinajstić information content (AvgIpc) is 2.10. The summed E-state index contributed by atoms with van der Waals surface area (Å²) in [5.41, 5.74) is 1.10. The predicted molar refractivity (Wildman–Crippen MR) is 56.0 cm³/mol. The van der Waals surface area contributed by atoms with Crippen LogP contribution in [0.2, 0.25) is 5.02 Å². The third-order valence-electron chi connectivity index (χ3n) is 1.73. The molecule has 1 radical (unpaired) electrons. The Labute approximate surface area is 136 Å². The molecule has 0 spiro atoms. The van der Waals surface area contributed by atoms with E-state index in [0.717, 1.165) is 29.2 Å². The summed E-state index contributed by atoms with van der Waals surface area (Å²) < 4.78 is 5.35. The van der Waals surface area contributed by atoms with Crippen LogP contribution in [0.4, 0.5) is 0 Å². The van der Waals surface area contributed by atoms with Crippen molar-refractivity contribution in [3.05, 3.63) is 42.6 Å². The first-order valence-electron chi connectivity index (χ1n) is 4.27. The van der Waals surface area contributed by atoms with Gasteiger partial charge in [-0.1, -0.05) is 18.0 Å². The zero-order chi connectivity index (χ0) is 9.68. The van der Waals surface area contributed by atoms with Crippen molar-refractivity contribution in [2.75, 3.05) is 6.61 Å². The van der Waals surface area contributed by atoms with E-state index in [9.17, 15) is 0 Å². The fourth-order valence-corrected chi connectivity index (χ4v) is 1.38. The summed E-state index contributed by atoms with van der Waals surface area (Å²) in [6.07, 6.45) is 1.73. The minimum atomic E-state index is 0. The number of hydrogen-bond acceptors (Lipinski definition) is 1. The molecule has 1 aromatic rings. The number of benzene rings is 1. The third kappa shape index (κ3) is 6.42. The number of ether oxygens (including phenoxy) is 1. The molecule has 1 nitrogen and oxygen atoms in total. The molecular weight excluding hydrogens is 456 g/mol. The monoisotopic (exact) mass is 469 g/mol. The van der Waals surface area contributed by atoms with Gasteiger partial charge in [0.15, 0.2) is 0 Å². The van der Waals surface area contributed by atoms with Crippen LogP contribution < -0.4 is 4.74 Å². The van der Waals surface area contributed by atoms with Crippen molar-refractivity contribution >= 4 is 11.6 Å². The SMILES string of the molecule is [CH2-]CCc1cc(Cl)ccc1OC[CH2-].[W].[Y]. The van der Waals surface area contributed by atoms with Crippen LogP contribution in [0, 0.1) is 13.8 Å². The summed E-state index contributed by atoms with van der Waals surface area (Å²) in [6.45, 7) is 7.87. The van der Waals surface area contributed by atoms with E-state index in [1.807, 2.05) is 18.2 Å². The Morgan fingerprint density at radius 1 is 1.27 bits per heavy atom. The van der Waals surface area contributed by atoms with Crippen LogP contribution in [0.3, 0.4) is 0 Å². The Hall–Kier alpha value is 1.10. The number of rotatable bonds is 4. The number of hydrogen-bond donors (Lipinski definition) is 0. The van der Waals surface area contributed by atoms with Gasteiger partial charge in [-0.05, 0) is 30.4 Å². The second-order valence-corrected chi connectivity index (χ2v) is 3.14. The standard InChI is InChI=1S/C11H13ClO.W.Y/c1-3-5-9-8-10(12)6-7-11(9)13-4-2;;/h6-8H,1-5H2;;/q-2;;. The molecule has 0 aliphatic heterocycles. The first kappa shape index (κ1) is 18.5. The molecule has 15 heavy (non-hydrogen) atoms. The Morgan fingerprint density at radius 3 is 2.47 bits per heavy atom. The molecule has 81 valence electrons. The molecule has 4 heteroatoms. The van der Waals surface area contributed by atoms with Gasteiger partial charge in [0.25, 0.3) is 0 Å². The molecule has 1 aromatic carbocycles. The van der Waals surface area contributed by atoms with E-state index in [0.29, 0.717) is 6.61 Å². The Bertz CT molecular complexity index is 281. The van der Waals surface area contributed by atoms with Crippen LogP contribution in [0.1, 0.15) is 12.0 Å². The van der Waals surface area contributed by atoms with Crippen molar-refractivity contribution in [1.29, 1.82) is 0 Å². The first-order chi connectivity index (χ1) is 6.27. The molecule has 0 saturated heterocycles. The Morgan fingerprint density at radius 2 is 1.93 bits per heavy atom. The smallest absolute Gasteiger partial charge is 0.118 e. The van der Waals surface area contributed by atoms with Crippen LogP contribution in [0.15, 0.2) is 18.2 Å². The number of aryl methyl sites for hydroxylation is 1. The molecule has 0 N–H and O–H groups in total. The maximum Gasteiger partial charge on any atom is 0.118 e. The number of halogens is 1. The quantitative estimate of drug-likeness (QED) is 0.615. The molecule has 0 aromatic heterocycles. The molecule has 0 aliphatic rings. The molecule has 0 saturated carbocycles. The van der Waals surface area contributed by atoms with Crippen molar-refractivity contribution in [3.8, 4) is 5.75 Å². The fraction of sp³-hybridized carbons (Fsp3) is 0.273. The van der Waals surface area contributed by atoms with Crippen molar-refractivity contribution in [1.82, 2.24) is 0 Å². The minimum absolute atomic E-state index is 0. The van der Waals surface area contributed by atoms with E-state index in [2.05, 4.69) is 13.8 Å². The summed E-state index contributed by atoms with van der Waals surface area (Å²) >= 11 is 5.86. The summed E-state index contributed by atoms with van der Waals surface area (Å²) in [7, 11) is 0. The maximum atomic E-state index is 5.86. The molecule has 1 rings (SSSR count). The third-order valence-corrected chi connectivity index (χ3v) is 1.96. The van der Waals surface area contributed by atoms with Gasteiger partial charge in [-0.3, -0.25) is 0 Å². The van der Waals surface area contributed by atoms with Crippen LogP contribution >= 0.6 is 11.6 Å². The maximum absolute atomic E-state index is 5.86. The van der Waals surface area contributed by atoms with E-state index in [1.54, 1.807) is 0 Å². The molecule has 0 fully saturated rings. The second-order valence-electron chi connectivity index (χ2n) is 2.70. The molecule has 0 unspecified atom stereocenters. The fourth-order valence-electron chi connectivity index (χ4n) is 1.18. The molecule has 0 bridgehead atoms. The van der Waals surface area contributed by atoms with Gasteiger partial charge in [0.05, 0.1) is 0 Å². The first-order valence-corrected chi connectivity index (χ1v) is 4.65. The van der Waals surface area contributed by atoms with Crippen molar-refractivity contribution < 1.29 is 58.5 Å². The average molecular weight is 469 g/mol. The van der Waals surface area contributed by atoms with Crippen molar-refractivity contribution in [2.45, 2.75) is 12.8 Å². The summed E-state index contributed by atoms with van der Waals surface area (Å²) in [4.78, 5) is 0. The topological polar surface area (TPSA) is 9.23 Å². The van der Waals surface area contributed by atoms with Crippen LogP contribution in [0.25, 0.3) is 0 Å². The van der Waals surface area contributed by atoms with E-state index >= 15 is 0 Å². The molecular formula is C11H13ClOWY-2. The van der Waals surface area contributed by atoms with Crippen molar-refractivity contribution in [2.24, 2.45) is 0 Å². The van der Waals surface area contributed by atoms with Gasteiger partial charge in [0.1, 0.15) is 5.75 Å². The molecule has 0 atom stereocenters. The van der Waals surface area contributed by atoms with E-state index < -0.39 is 0 Å². The van der Waals surface area contributed by atoms with E-state index in [-0.39, 0.29) is 53.8 Å². The van der Waals surface area contributed by atoms with Gasteiger partial charge in [-0.15, -0.1) is 0 Å². The van der Waals surface area contributed by atoms with Crippen LogP contribution in [-0.4, -0.2) is 6.61 Å². The second kappa shape index (κ2) is 10.3. The molecule has 0 aliphatic carbocycles. The predicted octanol–water partition coefficient (Wildman–Crippen LogP) is 3.31. The Balaban J connectivity index is 0. The van der Waals surface area contributed by atoms with E-state index in [1.165, 1.54) is 0 Å². The summed E-state index contributed by atoms with van der Waals surface area (Å²) in [5, 5.41) is 0.736. The zero-order valence-electron chi connectivity index (χ0n) is 8.54. The minimum Gasteiger partial charge on any atom is -0.525 e. The normalized spacial score (nSPS) is 8.73. The molecule has 0 amide bonds. The van der Waals surface area contributed by atoms with Gasteiger partial charge in [0.2, 0.25) is 0 Å². The van der Waals surface area contributed by atoms with E-state index in [4.69, 9.17) is 16.3 Å². The van der Waals surface area contributed by atoms with Gasteiger partial charge < -0.3 is 18.6 Å².